The van der Waals surface area contributed by atoms with Gasteiger partial charge in [-0.25, -0.2) is 4.79 Å². The summed E-state index contributed by atoms with van der Waals surface area (Å²) < 4.78 is 11.6. The smallest absolute Gasteiger partial charge is 0.414 e. The summed E-state index contributed by atoms with van der Waals surface area (Å²) >= 11 is 0. The Bertz CT molecular complexity index is 1180. The van der Waals surface area contributed by atoms with E-state index in [1.165, 1.54) is 5.56 Å². The fourth-order valence-electron chi connectivity index (χ4n) is 6.72. The van der Waals surface area contributed by atoms with Crippen LogP contribution in [0.3, 0.4) is 0 Å². The van der Waals surface area contributed by atoms with Crippen LogP contribution in [0.4, 0.5) is 10.5 Å². The number of anilines is 1. The SMILES string of the molecule is C[C@H]1[C@H]([Si](C)(C)O)[C@@H](CC(=O)N2Cc3ccccc3C[C@H]2CO)O[C@H]1CCc1ccc(N2CCOC2=O)cc1. The Balaban J connectivity index is 1.24. The lowest BCUT2D eigenvalue weighted by Gasteiger charge is -2.37. The van der Waals surface area contributed by atoms with Crippen molar-refractivity contribution in [1.82, 2.24) is 4.90 Å². The molecule has 0 aromatic heterocycles. The average Bonchev–Trinajstić information content (AvgIpc) is 3.48. The molecule has 5 rings (SSSR count). The number of ether oxygens (including phenoxy) is 2. The average molecular weight is 553 g/mol. The quantitative estimate of drug-likeness (QED) is 0.482. The van der Waals surface area contributed by atoms with Gasteiger partial charge in [0.15, 0.2) is 8.32 Å². The molecule has 0 unspecified atom stereocenters. The second-order valence-electron chi connectivity index (χ2n) is 11.8. The number of nitrogens with zero attached hydrogens (tertiary/aromatic N) is 2. The lowest BCUT2D eigenvalue weighted by atomic mass is 9.93. The van der Waals surface area contributed by atoms with Gasteiger partial charge in [0.2, 0.25) is 5.91 Å². The number of benzene rings is 2. The minimum absolute atomic E-state index is 0.0271. The fourth-order valence-corrected chi connectivity index (χ4v) is 9.33. The van der Waals surface area contributed by atoms with E-state index in [0.29, 0.717) is 26.1 Å². The number of fused-ring (bicyclic) bond motifs is 1. The molecule has 8 nitrogen and oxygen atoms in total. The van der Waals surface area contributed by atoms with Crippen LogP contribution in [0.25, 0.3) is 0 Å². The molecule has 3 aliphatic rings. The van der Waals surface area contributed by atoms with Crippen LogP contribution in [0.5, 0.6) is 0 Å². The summed E-state index contributed by atoms with van der Waals surface area (Å²) in [5.41, 5.74) is 4.23. The molecule has 0 radical (unpaired) electrons. The molecule has 2 aromatic rings. The normalized spacial score (nSPS) is 27.0. The Labute approximate surface area is 231 Å². The largest absolute Gasteiger partial charge is 0.447 e. The van der Waals surface area contributed by atoms with E-state index in [1.54, 1.807) is 9.80 Å². The van der Waals surface area contributed by atoms with Crippen molar-refractivity contribution in [2.75, 3.05) is 24.7 Å². The lowest BCUT2D eigenvalue weighted by molar-refractivity contribution is -0.138. The predicted molar refractivity (Wildman–Crippen MR) is 151 cm³/mol. The first kappa shape index (κ1) is 27.8. The highest BCUT2D eigenvalue weighted by atomic mass is 28.4. The number of hydrogen-bond donors (Lipinski definition) is 2. The number of aliphatic hydroxyl groups excluding tert-OH is 1. The van der Waals surface area contributed by atoms with Crippen molar-refractivity contribution in [3.63, 3.8) is 0 Å². The maximum atomic E-state index is 13.6. The standard InChI is InChI=1S/C30H40N2O6Si/c1-20-26(13-10-21-8-11-24(12-9-21)31-14-15-37-30(31)35)38-27(29(20)39(2,3)36)17-28(34)32-18-23-7-5-4-6-22(23)16-25(32)19-33/h4-9,11-12,20,25-27,29,33,36H,10,13-19H2,1-3H3/t20-,25+,26+,27-,29+/m1/s1. The van der Waals surface area contributed by atoms with E-state index in [4.69, 9.17) is 9.47 Å². The molecule has 3 heterocycles. The van der Waals surface area contributed by atoms with E-state index >= 15 is 0 Å². The van der Waals surface area contributed by atoms with Crippen LogP contribution in [0.15, 0.2) is 48.5 Å². The van der Waals surface area contributed by atoms with Crippen molar-refractivity contribution < 1.29 is 29.0 Å². The van der Waals surface area contributed by atoms with Gasteiger partial charge >= 0.3 is 6.09 Å². The summed E-state index contributed by atoms with van der Waals surface area (Å²) in [5, 5.41) is 10.0. The number of rotatable bonds is 8. The highest BCUT2D eigenvalue weighted by Gasteiger charge is 2.50. The molecule has 2 N–H and O–H groups in total. The summed E-state index contributed by atoms with van der Waals surface area (Å²) in [6.07, 6.45) is 1.73. The molecule has 39 heavy (non-hydrogen) atoms. The van der Waals surface area contributed by atoms with Crippen LogP contribution in [0.2, 0.25) is 18.6 Å². The van der Waals surface area contributed by atoms with Crippen LogP contribution in [-0.4, -0.2) is 73.1 Å². The summed E-state index contributed by atoms with van der Waals surface area (Å²) in [5.74, 6) is 0.101. The summed E-state index contributed by atoms with van der Waals surface area (Å²) in [4.78, 5) is 40.1. The van der Waals surface area contributed by atoms with Crippen molar-refractivity contribution >= 4 is 26.0 Å². The molecule has 5 atom stereocenters. The number of hydrogen-bond acceptors (Lipinski definition) is 6. The zero-order chi connectivity index (χ0) is 27.7. The summed E-state index contributed by atoms with van der Waals surface area (Å²) in [7, 11) is -2.62. The van der Waals surface area contributed by atoms with E-state index in [9.17, 15) is 19.5 Å². The summed E-state index contributed by atoms with van der Waals surface area (Å²) in [6.45, 7) is 7.41. The van der Waals surface area contributed by atoms with Gasteiger partial charge in [-0.2, -0.15) is 0 Å². The molecule has 2 saturated heterocycles. The number of aliphatic hydroxyl groups is 1. The number of aryl methyl sites for hydroxylation is 1. The number of carbonyl (C=O) groups is 2. The topological polar surface area (TPSA) is 99.5 Å². The van der Waals surface area contributed by atoms with Gasteiger partial charge in [0.1, 0.15) is 6.61 Å². The molecule has 9 heteroatoms. The Morgan fingerprint density at radius 3 is 2.44 bits per heavy atom. The Hall–Kier alpha value is -2.72. The first-order valence-corrected chi connectivity index (χ1v) is 17.1. The van der Waals surface area contributed by atoms with Crippen molar-refractivity contribution in [3.8, 4) is 0 Å². The fraction of sp³-hybridized carbons (Fsp3) is 0.533. The number of carbonyl (C=O) groups excluding carboxylic acids is 2. The third kappa shape index (κ3) is 5.91. The van der Waals surface area contributed by atoms with Crippen LogP contribution in [-0.2, 0) is 33.7 Å². The van der Waals surface area contributed by atoms with E-state index in [1.807, 2.05) is 55.6 Å². The predicted octanol–water partition coefficient (Wildman–Crippen LogP) is 3.88. The Morgan fingerprint density at radius 1 is 1.08 bits per heavy atom. The first-order chi connectivity index (χ1) is 18.7. The monoisotopic (exact) mass is 552 g/mol. The van der Waals surface area contributed by atoms with E-state index < -0.39 is 8.32 Å². The van der Waals surface area contributed by atoms with E-state index in [2.05, 4.69) is 13.0 Å². The molecular weight excluding hydrogens is 512 g/mol. The molecule has 0 aliphatic carbocycles. The molecule has 2 fully saturated rings. The van der Waals surface area contributed by atoms with Gasteiger partial charge < -0.3 is 24.3 Å². The molecule has 3 aliphatic heterocycles. The van der Waals surface area contributed by atoms with Crippen molar-refractivity contribution in [2.24, 2.45) is 5.92 Å². The molecule has 0 spiro atoms. The first-order valence-electron chi connectivity index (χ1n) is 14.0. The highest BCUT2D eigenvalue weighted by Crippen LogP contribution is 2.46. The number of cyclic esters (lactones) is 1. The molecule has 0 saturated carbocycles. The van der Waals surface area contributed by atoms with Crippen LogP contribution >= 0.6 is 0 Å². The summed E-state index contributed by atoms with van der Waals surface area (Å²) in [6, 6.07) is 15.8. The van der Waals surface area contributed by atoms with Crippen LogP contribution in [0, 0.1) is 5.92 Å². The van der Waals surface area contributed by atoms with Gasteiger partial charge in [0, 0.05) is 17.8 Å². The van der Waals surface area contributed by atoms with Gasteiger partial charge in [-0.05, 0) is 67.1 Å². The third-order valence-electron chi connectivity index (χ3n) is 8.71. The molecular formula is C30H40N2O6Si. The second-order valence-corrected chi connectivity index (χ2v) is 15.7. The van der Waals surface area contributed by atoms with Gasteiger partial charge in [0.25, 0.3) is 0 Å². The molecule has 0 bridgehead atoms. The zero-order valence-electron chi connectivity index (χ0n) is 23.1. The van der Waals surface area contributed by atoms with Gasteiger partial charge in [-0.15, -0.1) is 0 Å². The van der Waals surface area contributed by atoms with Gasteiger partial charge in [-0.1, -0.05) is 43.3 Å². The second kappa shape index (κ2) is 11.4. The van der Waals surface area contributed by atoms with Gasteiger partial charge in [0.05, 0.1) is 37.8 Å². The molecule has 2 aromatic carbocycles. The zero-order valence-corrected chi connectivity index (χ0v) is 24.1. The van der Waals surface area contributed by atoms with E-state index in [-0.39, 0.29) is 54.7 Å². The third-order valence-corrected chi connectivity index (χ3v) is 11.2. The minimum Gasteiger partial charge on any atom is -0.447 e. The minimum atomic E-state index is -2.62. The Morgan fingerprint density at radius 2 is 1.79 bits per heavy atom. The van der Waals surface area contributed by atoms with Crippen LogP contribution < -0.4 is 4.90 Å². The molecule has 2 amide bonds. The lowest BCUT2D eigenvalue weighted by Crippen LogP contribution is -2.48. The number of amides is 2. The van der Waals surface area contributed by atoms with E-state index in [0.717, 1.165) is 29.7 Å². The maximum Gasteiger partial charge on any atom is 0.414 e. The van der Waals surface area contributed by atoms with Crippen molar-refractivity contribution in [3.05, 3.63) is 65.2 Å². The van der Waals surface area contributed by atoms with Crippen molar-refractivity contribution in [2.45, 2.75) is 76.0 Å². The highest BCUT2D eigenvalue weighted by molar-refractivity contribution is 6.71. The van der Waals surface area contributed by atoms with Crippen molar-refractivity contribution in [1.29, 1.82) is 0 Å². The molecule has 210 valence electrons. The maximum absolute atomic E-state index is 13.6. The van der Waals surface area contributed by atoms with Gasteiger partial charge in [-0.3, -0.25) is 9.69 Å². The van der Waals surface area contributed by atoms with Crippen LogP contribution in [0.1, 0.15) is 36.5 Å². The Kier molecular flexibility index (Phi) is 8.14.